The molecule has 20 heavy (non-hydrogen) atoms. The second kappa shape index (κ2) is 5.92. The van der Waals surface area contributed by atoms with Crippen molar-refractivity contribution in [2.24, 2.45) is 0 Å². The van der Waals surface area contributed by atoms with E-state index in [1.807, 2.05) is 0 Å². The van der Waals surface area contributed by atoms with Crippen LogP contribution in [0, 0.1) is 0 Å². The summed E-state index contributed by atoms with van der Waals surface area (Å²) in [5.41, 5.74) is 1.64. The van der Waals surface area contributed by atoms with Gasteiger partial charge in [0.15, 0.2) is 0 Å². The third-order valence-electron chi connectivity index (χ3n) is 2.68. The van der Waals surface area contributed by atoms with Crippen molar-refractivity contribution < 1.29 is 14.7 Å². The number of carboxylic acids is 1. The lowest BCUT2D eigenvalue weighted by atomic mass is 10.1. The number of benzene rings is 1. The van der Waals surface area contributed by atoms with Crippen molar-refractivity contribution in [3.63, 3.8) is 0 Å². The first kappa shape index (κ1) is 13.7. The second-order valence-corrected chi connectivity index (χ2v) is 4.13. The quantitative estimate of drug-likeness (QED) is 0.830. The fourth-order valence-corrected chi connectivity index (χ4v) is 1.82. The van der Waals surface area contributed by atoms with Crippen molar-refractivity contribution in [2.75, 3.05) is 13.1 Å². The Labute approximate surface area is 115 Å². The van der Waals surface area contributed by atoms with Crippen LogP contribution < -0.4 is 0 Å². The molecule has 0 fully saturated rings. The van der Waals surface area contributed by atoms with Crippen LogP contribution in [-0.4, -0.2) is 44.9 Å². The Morgan fingerprint density at radius 1 is 1.25 bits per heavy atom. The van der Waals surface area contributed by atoms with Crippen LogP contribution in [0.25, 0.3) is 11.0 Å². The minimum Gasteiger partial charge on any atom is -0.480 e. The van der Waals surface area contributed by atoms with Crippen LogP contribution in [-0.2, 0) is 4.79 Å². The Balaban J connectivity index is 2.32. The summed E-state index contributed by atoms with van der Waals surface area (Å²) in [5, 5.41) is 8.83. The summed E-state index contributed by atoms with van der Waals surface area (Å²) in [6.45, 7) is 3.32. The Kier molecular flexibility index (Phi) is 4.05. The third kappa shape index (κ3) is 2.97. The standard InChI is InChI=1S/C14H13N3O3/c1-2-7-17(9-13(18)19)14(20)10-3-4-11-12(8-10)16-6-5-15-11/h2-6,8H,1,7,9H2,(H,18,19). The van der Waals surface area contributed by atoms with Gasteiger partial charge in [-0.15, -0.1) is 6.58 Å². The number of nitrogens with zero attached hydrogens (tertiary/aromatic N) is 3. The van der Waals surface area contributed by atoms with Crippen LogP contribution in [0.4, 0.5) is 0 Å². The van der Waals surface area contributed by atoms with Crippen LogP contribution in [0.2, 0.25) is 0 Å². The molecular weight excluding hydrogens is 258 g/mol. The molecule has 0 atom stereocenters. The molecule has 0 bridgehead atoms. The monoisotopic (exact) mass is 271 g/mol. The molecule has 0 saturated carbocycles. The number of hydrogen-bond acceptors (Lipinski definition) is 4. The molecule has 1 N–H and O–H groups in total. The van der Waals surface area contributed by atoms with Crippen LogP contribution >= 0.6 is 0 Å². The van der Waals surface area contributed by atoms with E-state index in [4.69, 9.17) is 5.11 Å². The molecule has 6 heteroatoms. The number of aromatic nitrogens is 2. The SMILES string of the molecule is C=CCN(CC(=O)O)C(=O)c1ccc2nccnc2c1. The highest BCUT2D eigenvalue weighted by molar-refractivity contribution is 5.98. The number of carbonyl (C=O) groups is 2. The van der Waals surface area contributed by atoms with E-state index in [-0.39, 0.29) is 19.0 Å². The molecule has 2 aromatic rings. The average molecular weight is 271 g/mol. The molecule has 0 aliphatic carbocycles. The third-order valence-corrected chi connectivity index (χ3v) is 2.68. The van der Waals surface area contributed by atoms with E-state index < -0.39 is 5.97 Å². The van der Waals surface area contributed by atoms with Gasteiger partial charge in [-0.3, -0.25) is 19.6 Å². The number of fused-ring (bicyclic) bond motifs is 1. The van der Waals surface area contributed by atoms with Crippen LogP contribution in [0.3, 0.4) is 0 Å². The van der Waals surface area contributed by atoms with Crippen LogP contribution in [0.15, 0.2) is 43.2 Å². The smallest absolute Gasteiger partial charge is 0.323 e. The Morgan fingerprint density at radius 2 is 1.95 bits per heavy atom. The molecule has 0 radical (unpaired) electrons. The molecular formula is C14H13N3O3. The first-order valence-corrected chi connectivity index (χ1v) is 5.94. The maximum Gasteiger partial charge on any atom is 0.323 e. The van der Waals surface area contributed by atoms with Crippen LogP contribution in [0.5, 0.6) is 0 Å². The average Bonchev–Trinajstić information content (AvgIpc) is 2.45. The minimum absolute atomic E-state index is 0.170. The maximum absolute atomic E-state index is 12.3. The van der Waals surface area contributed by atoms with Crippen molar-refractivity contribution in [1.29, 1.82) is 0 Å². The molecule has 1 amide bonds. The molecule has 0 aliphatic heterocycles. The van der Waals surface area contributed by atoms with Crippen molar-refractivity contribution in [1.82, 2.24) is 14.9 Å². The zero-order valence-electron chi connectivity index (χ0n) is 10.7. The number of carboxylic acid groups (broad SMARTS) is 1. The zero-order chi connectivity index (χ0) is 14.5. The van der Waals surface area contributed by atoms with Gasteiger partial charge in [0, 0.05) is 24.5 Å². The van der Waals surface area contributed by atoms with E-state index in [0.29, 0.717) is 16.6 Å². The fraction of sp³-hybridized carbons (Fsp3) is 0.143. The van der Waals surface area contributed by atoms with Gasteiger partial charge in [-0.1, -0.05) is 6.08 Å². The van der Waals surface area contributed by atoms with E-state index in [2.05, 4.69) is 16.5 Å². The molecule has 1 aromatic carbocycles. The fourth-order valence-electron chi connectivity index (χ4n) is 1.82. The van der Waals surface area contributed by atoms with E-state index in [0.717, 1.165) is 0 Å². The zero-order valence-corrected chi connectivity index (χ0v) is 10.7. The predicted octanol–water partition coefficient (Wildman–Crippen LogP) is 1.34. The highest BCUT2D eigenvalue weighted by Crippen LogP contribution is 2.13. The highest BCUT2D eigenvalue weighted by Gasteiger charge is 2.17. The van der Waals surface area contributed by atoms with E-state index >= 15 is 0 Å². The molecule has 0 aliphatic rings. The molecule has 6 nitrogen and oxygen atoms in total. The summed E-state index contributed by atoms with van der Waals surface area (Å²) in [5.74, 6) is -1.44. The number of carbonyl (C=O) groups excluding carboxylic acids is 1. The van der Waals surface area contributed by atoms with E-state index in [1.165, 1.54) is 17.2 Å². The van der Waals surface area contributed by atoms with Gasteiger partial charge in [-0.2, -0.15) is 0 Å². The van der Waals surface area contributed by atoms with Crippen LogP contribution in [0.1, 0.15) is 10.4 Å². The number of rotatable bonds is 5. The largest absolute Gasteiger partial charge is 0.480 e. The summed E-state index contributed by atoms with van der Waals surface area (Å²) >= 11 is 0. The van der Waals surface area contributed by atoms with Crippen molar-refractivity contribution in [3.8, 4) is 0 Å². The summed E-state index contributed by atoms with van der Waals surface area (Å²) in [6, 6.07) is 4.89. The minimum atomic E-state index is -1.07. The van der Waals surface area contributed by atoms with Gasteiger partial charge in [0.25, 0.3) is 5.91 Å². The summed E-state index contributed by atoms with van der Waals surface area (Å²) in [4.78, 5) is 32.5. The predicted molar refractivity (Wildman–Crippen MR) is 73.3 cm³/mol. The normalized spacial score (nSPS) is 10.2. The van der Waals surface area contributed by atoms with Gasteiger partial charge in [0.1, 0.15) is 6.54 Å². The summed E-state index contributed by atoms with van der Waals surface area (Å²) in [6.07, 6.45) is 4.59. The Hall–Kier alpha value is -2.76. The van der Waals surface area contributed by atoms with Crippen molar-refractivity contribution >= 4 is 22.9 Å². The van der Waals surface area contributed by atoms with E-state index in [1.54, 1.807) is 24.4 Å². The van der Waals surface area contributed by atoms with Crippen molar-refractivity contribution in [2.45, 2.75) is 0 Å². The topological polar surface area (TPSA) is 83.4 Å². The molecule has 2 rings (SSSR count). The summed E-state index contributed by atoms with van der Waals surface area (Å²) < 4.78 is 0. The molecule has 0 unspecified atom stereocenters. The molecule has 1 heterocycles. The molecule has 0 spiro atoms. The summed E-state index contributed by atoms with van der Waals surface area (Å²) in [7, 11) is 0. The first-order valence-electron chi connectivity index (χ1n) is 5.94. The Bertz CT molecular complexity index is 670. The van der Waals surface area contributed by atoms with E-state index in [9.17, 15) is 9.59 Å². The van der Waals surface area contributed by atoms with Gasteiger partial charge < -0.3 is 10.0 Å². The maximum atomic E-state index is 12.3. The lowest BCUT2D eigenvalue weighted by molar-refractivity contribution is -0.137. The van der Waals surface area contributed by atoms with Gasteiger partial charge >= 0.3 is 5.97 Å². The number of aliphatic carboxylic acids is 1. The Morgan fingerprint density at radius 3 is 2.60 bits per heavy atom. The number of amides is 1. The second-order valence-electron chi connectivity index (χ2n) is 4.13. The molecule has 1 aromatic heterocycles. The highest BCUT2D eigenvalue weighted by atomic mass is 16.4. The first-order chi connectivity index (χ1) is 9.61. The lowest BCUT2D eigenvalue weighted by Gasteiger charge is -2.18. The molecule has 102 valence electrons. The number of hydrogen-bond donors (Lipinski definition) is 1. The lowest BCUT2D eigenvalue weighted by Crippen LogP contribution is -2.35. The van der Waals surface area contributed by atoms with Gasteiger partial charge in [0.05, 0.1) is 11.0 Å². The van der Waals surface area contributed by atoms with Gasteiger partial charge in [-0.25, -0.2) is 0 Å². The van der Waals surface area contributed by atoms with Crippen molar-refractivity contribution in [3.05, 3.63) is 48.8 Å². The molecule has 0 saturated heterocycles. The van der Waals surface area contributed by atoms with Gasteiger partial charge in [-0.05, 0) is 18.2 Å². The van der Waals surface area contributed by atoms with Gasteiger partial charge in [0.2, 0.25) is 0 Å².